The van der Waals surface area contributed by atoms with Crippen LogP contribution < -0.4 is 10.1 Å². The lowest BCUT2D eigenvalue weighted by atomic mass is 9.85. The largest absolute Gasteiger partial charge is 0.480 e. The van der Waals surface area contributed by atoms with Gasteiger partial charge in [0.05, 0.1) is 6.54 Å². The van der Waals surface area contributed by atoms with E-state index in [1.807, 2.05) is 24.3 Å². The van der Waals surface area contributed by atoms with Crippen LogP contribution in [0.3, 0.4) is 0 Å². The first-order valence-corrected chi connectivity index (χ1v) is 9.09. The van der Waals surface area contributed by atoms with Crippen LogP contribution in [0.4, 0.5) is 0 Å². The van der Waals surface area contributed by atoms with E-state index in [1.165, 1.54) is 12.8 Å². The Morgan fingerprint density at radius 3 is 2.68 bits per heavy atom. The van der Waals surface area contributed by atoms with Crippen molar-refractivity contribution in [2.45, 2.75) is 50.3 Å². The zero-order chi connectivity index (χ0) is 17.4. The molecule has 0 radical (unpaired) electrons. The molecule has 2 fully saturated rings. The van der Waals surface area contributed by atoms with E-state index in [0.717, 1.165) is 30.7 Å². The highest BCUT2D eigenvalue weighted by Crippen LogP contribution is 2.34. The van der Waals surface area contributed by atoms with Gasteiger partial charge < -0.3 is 15.2 Å². The summed E-state index contributed by atoms with van der Waals surface area (Å²) in [6.07, 6.45) is 4.24. The number of para-hydroxylation sites is 1. The number of nitrogens with one attached hydrogen (secondary N) is 1. The van der Waals surface area contributed by atoms with Crippen LogP contribution in [0.1, 0.15) is 31.2 Å². The zero-order valence-electron chi connectivity index (χ0n) is 14.2. The molecule has 1 aromatic carbocycles. The Bertz CT molecular complexity index is 642. The van der Waals surface area contributed by atoms with E-state index in [9.17, 15) is 9.59 Å². The molecular formula is C19H24N2O4. The molecule has 1 amide bonds. The van der Waals surface area contributed by atoms with Crippen molar-refractivity contribution in [3.63, 3.8) is 0 Å². The van der Waals surface area contributed by atoms with Gasteiger partial charge in [-0.1, -0.05) is 18.2 Å². The molecule has 3 aliphatic rings. The average molecular weight is 344 g/mol. The van der Waals surface area contributed by atoms with E-state index < -0.39 is 12.1 Å². The number of rotatable bonds is 7. The summed E-state index contributed by atoms with van der Waals surface area (Å²) in [6, 6.07) is 8.14. The number of amides is 1. The highest BCUT2D eigenvalue weighted by atomic mass is 16.5. The van der Waals surface area contributed by atoms with Gasteiger partial charge in [-0.05, 0) is 43.2 Å². The third kappa shape index (κ3) is 3.79. The summed E-state index contributed by atoms with van der Waals surface area (Å²) in [5.74, 6) is 0.626. The molecule has 0 bridgehead atoms. The predicted molar refractivity (Wildman–Crippen MR) is 91.4 cm³/mol. The second kappa shape index (κ2) is 6.67. The maximum Gasteiger partial charge on any atom is 0.317 e. The highest BCUT2D eigenvalue weighted by molar-refractivity contribution is 5.82. The standard InChI is InChI=1S/C19H24N2O4/c22-18(23)11-21(10-12-5-6-12)15-8-14(9-15)20-19(24)17-7-13-3-1-2-4-16(13)25-17/h1-4,12,14-15,17H,5-11H2,(H,20,24)(H,22,23). The quantitative estimate of drug-likeness (QED) is 0.782. The first kappa shape index (κ1) is 16.4. The molecule has 0 aromatic heterocycles. The normalized spacial score (nSPS) is 27.3. The number of hydrogen-bond acceptors (Lipinski definition) is 4. The van der Waals surface area contributed by atoms with Gasteiger partial charge in [-0.3, -0.25) is 14.5 Å². The summed E-state index contributed by atoms with van der Waals surface area (Å²) in [7, 11) is 0. The monoisotopic (exact) mass is 344 g/mol. The topological polar surface area (TPSA) is 78.9 Å². The van der Waals surface area contributed by atoms with Crippen molar-refractivity contribution in [2.75, 3.05) is 13.1 Å². The smallest absolute Gasteiger partial charge is 0.317 e. The van der Waals surface area contributed by atoms with E-state index in [0.29, 0.717) is 12.3 Å². The fourth-order valence-corrected chi connectivity index (χ4v) is 3.77. The molecular weight excluding hydrogens is 320 g/mol. The highest BCUT2D eigenvalue weighted by Gasteiger charge is 2.39. The maximum atomic E-state index is 12.4. The molecule has 25 heavy (non-hydrogen) atoms. The number of aliphatic carboxylic acids is 1. The maximum absolute atomic E-state index is 12.4. The number of carbonyl (C=O) groups is 2. The van der Waals surface area contributed by atoms with Crippen molar-refractivity contribution in [3.05, 3.63) is 29.8 Å². The molecule has 6 nitrogen and oxygen atoms in total. The number of carbonyl (C=O) groups excluding carboxylic acids is 1. The van der Waals surface area contributed by atoms with E-state index in [1.54, 1.807) is 0 Å². The van der Waals surface area contributed by atoms with Gasteiger partial charge in [0.1, 0.15) is 5.75 Å². The number of carboxylic acid groups (broad SMARTS) is 1. The third-order valence-electron chi connectivity index (χ3n) is 5.44. The van der Waals surface area contributed by atoms with Crippen LogP contribution in [-0.4, -0.2) is 53.2 Å². The molecule has 2 saturated carbocycles. The van der Waals surface area contributed by atoms with Gasteiger partial charge in [-0.15, -0.1) is 0 Å². The molecule has 6 heteroatoms. The van der Waals surface area contributed by atoms with Crippen molar-refractivity contribution in [2.24, 2.45) is 5.92 Å². The molecule has 1 aliphatic heterocycles. The molecule has 4 rings (SSSR count). The van der Waals surface area contributed by atoms with Crippen molar-refractivity contribution in [1.29, 1.82) is 0 Å². The lowest BCUT2D eigenvalue weighted by Gasteiger charge is -2.43. The van der Waals surface area contributed by atoms with Crippen LogP contribution in [0.25, 0.3) is 0 Å². The number of carboxylic acids is 1. The minimum absolute atomic E-state index is 0.0633. The second-order valence-electron chi connectivity index (χ2n) is 7.52. The predicted octanol–water partition coefficient (Wildman–Crippen LogP) is 1.43. The zero-order valence-corrected chi connectivity index (χ0v) is 14.2. The van der Waals surface area contributed by atoms with E-state index in [2.05, 4.69) is 10.2 Å². The molecule has 2 aliphatic carbocycles. The Morgan fingerprint density at radius 2 is 2.00 bits per heavy atom. The van der Waals surface area contributed by atoms with Crippen molar-refractivity contribution < 1.29 is 19.4 Å². The van der Waals surface area contributed by atoms with Gasteiger partial charge >= 0.3 is 5.97 Å². The van der Waals surface area contributed by atoms with E-state index >= 15 is 0 Å². The summed E-state index contributed by atoms with van der Waals surface area (Å²) < 4.78 is 5.73. The van der Waals surface area contributed by atoms with Gasteiger partial charge in [0.15, 0.2) is 6.10 Å². The minimum Gasteiger partial charge on any atom is -0.480 e. The Morgan fingerprint density at radius 1 is 1.24 bits per heavy atom. The first-order valence-electron chi connectivity index (χ1n) is 9.09. The fraction of sp³-hybridized carbons (Fsp3) is 0.579. The SMILES string of the molecule is O=C(O)CN(CC1CC1)C1CC(NC(=O)C2Cc3ccccc3O2)C1. The van der Waals surface area contributed by atoms with E-state index in [-0.39, 0.29) is 24.5 Å². The molecule has 1 heterocycles. The third-order valence-corrected chi connectivity index (χ3v) is 5.44. The fourth-order valence-electron chi connectivity index (χ4n) is 3.77. The second-order valence-corrected chi connectivity index (χ2v) is 7.52. The molecule has 2 N–H and O–H groups in total. The lowest BCUT2D eigenvalue weighted by molar-refractivity contribution is -0.140. The average Bonchev–Trinajstić information content (AvgIpc) is 3.23. The van der Waals surface area contributed by atoms with Crippen LogP contribution in [0.5, 0.6) is 5.75 Å². The first-order chi connectivity index (χ1) is 12.1. The summed E-state index contributed by atoms with van der Waals surface area (Å²) in [6.45, 7) is 0.974. The van der Waals surface area contributed by atoms with Gasteiger partial charge in [0.2, 0.25) is 0 Å². The van der Waals surface area contributed by atoms with Crippen LogP contribution in [-0.2, 0) is 16.0 Å². The van der Waals surface area contributed by atoms with Crippen LogP contribution >= 0.6 is 0 Å². The van der Waals surface area contributed by atoms with Gasteiger partial charge in [-0.25, -0.2) is 0 Å². The van der Waals surface area contributed by atoms with Crippen LogP contribution in [0.15, 0.2) is 24.3 Å². The summed E-state index contributed by atoms with van der Waals surface area (Å²) >= 11 is 0. The Kier molecular flexibility index (Phi) is 4.37. The number of fused-ring (bicyclic) bond motifs is 1. The van der Waals surface area contributed by atoms with Gasteiger partial charge in [0.25, 0.3) is 5.91 Å². The molecule has 1 atom stereocenters. The molecule has 134 valence electrons. The summed E-state index contributed by atoms with van der Waals surface area (Å²) in [5.41, 5.74) is 1.08. The number of benzene rings is 1. The summed E-state index contributed by atoms with van der Waals surface area (Å²) in [4.78, 5) is 25.6. The molecule has 1 unspecified atom stereocenters. The minimum atomic E-state index is -0.773. The van der Waals surface area contributed by atoms with Crippen LogP contribution in [0, 0.1) is 5.92 Å². The van der Waals surface area contributed by atoms with Crippen molar-refractivity contribution >= 4 is 11.9 Å². The Labute approximate surface area is 147 Å². The van der Waals surface area contributed by atoms with Gasteiger partial charge in [-0.2, -0.15) is 0 Å². The Balaban J connectivity index is 1.25. The van der Waals surface area contributed by atoms with Crippen molar-refractivity contribution in [3.8, 4) is 5.75 Å². The van der Waals surface area contributed by atoms with Crippen LogP contribution in [0.2, 0.25) is 0 Å². The molecule has 0 spiro atoms. The number of hydrogen-bond donors (Lipinski definition) is 2. The number of nitrogens with zero attached hydrogens (tertiary/aromatic N) is 1. The Hall–Kier alpha value is -2.08. The number of ether oxygens (including phenoxy) is 1. The van der Waals surface area contributed by atoms with Crippen molar-refractivity contribution in [1.82, 2.24) is 10.2 Å². The lowest BCUT2D eigenvalue weighted by Crippen LogP contribution is -2.56. The van der Waals surface area contributed by atoms with Gasteiger partial charge in [0, 0.05) is 25.0 Å². The summed E-state index contributed by atoms with van der Waals surface area (Å²) in [5, 5.41) is 12.2. The van der Waals surface area contributed by atoms with E-state index in [4.69, 9.17) is 9.84 Å². The molecule has 1 aromatic rings. The molecule has 0 saturated heterocycles.